The molecule has 6 bridgehead atoms. The molecule has 0 N–H and O–H groups in total. The smallest absolute Gasteiger partial charge is 0.310 e. The number of aromatic nitrogens is 3. The van der Waals surface area contributed by atoms with Gasteiger partial charge in [0.1, 0.15) is 11.6 Å². The van der Waals surface area contributed by atoms with Crippen molar-refractivity contribution in [1.29, 1.82) is 0 Å². The van der Waals surface area contributed by atoms with Crippen molar-refractivity contribution in [3.05, 3.63) is 65.4 Å². The Hall–Kier alpha value is -3.91. The van der Waals surface area contributed by atoms with Gasteiger partial charge in [0, 0.05) is 48.1 Å². The predicted octanol–water partition coefficient (Wildman–Crippen LogP) is 6.72. The van der Waals surface area contributed by atoms with Gasteiger partial charge >= 0.3 is 5.97 Å². The Kier molecular flexibility index (Phi) is 8.14. The number of hydrogen-bond donors (Lipinski definition) is 0. The van der Waals surface area contributed by atoms with E-state index in [1.165, 1.54) is 12.7 Å². The largest absolute Gasteiger partial charge is 0.490 e. The molecule has 1 fully saturated rings. The second-order valence-electron chi connectivity index (χ2n) is 12.3. The van der Waals surface area contributed by atoms with E-state index in [1.807, 2.05) is 17.5 Å². The first kappa shape index (κ1) is 29.2. The summed E-state index contributed by atoms with van der Waals surface area (Å²) in [7, 11) is 1.43. The molecule has 226 valence electrons. The molecule has 0 amide bonds. The Bertz CT molecular complexity index is 1640. The quantitative estimate of drug-likeness (QED) is 0.243. The Labute approximate surface area is 254 Å². The van der Waals surface area contributed by atoms with Crippen molar-refractivity contribution in [3.8, 4) is 28.1 Å². The summed E-state index contributed by atoms with van der Waals surface area (Å²) in [6, 6.07) is 16.9. The molecule has 1 atom stereocenters. The lowest BCUT2D eigenvalue weighted by Gasteiger charge is -2.41. The van der Waals surface area contributed by atoms with Gasteiger partial charge in [0.2, 0.25) is 0 Å². The molecule has 4 aromatic rings. The molecular formula is C35H42N4O4. The standard InChI is InChI=1S/C35H42N4O4/c1-23-12-13-31-29(19-23)26-10-8-11-27(20-26)30-22-32-36-25(3)28(21-33(40)41-5)34(39(32)37-30)38-16-14-35(4,15-17-38)42-18-7-6-9-24(2)43-31/h8,10-13,19-20,22,24H,6-7,9,14-18,21H2,1-5H3. The molecule has 1 unspecified atom stereocenters. The molecule has 8 nitrogen and oxygen atoms in total. The third-order valence-electron chi connectivity index (χ3n) is 8.94. The first-order valence-corrected chi connectivity index (χ1v) is 15.5. The molecule has 2 aromatic heterocycles. The van der Waals surface area contributed by atoms with Crippen LogP contribution in [0.15, 0.2) is 48.5 Å². The van der Waals surface area contributed by atoms with Gasteiger partial charge in [-0.15, -0.1) is 0 Å². The van der Waals surface area contributed by atoms with Crippen LogP contribution in [-0.2, 0) is 20.7 Å². The van der Waals surface area contributed by atoms with E-state index in [-0.39, 0.29) is 24.1 Å². The number of methoxy groups -OCH3 is 1. The minimum atomic E-state index is -0.289. The zero-order valence-electron chi connectivity index (χ0n) is 26.0. The first-order valence-electron chi connectivity index (χ1n) is 15.5. The van der Waals surface area contributed by atoms with E-state index >= 15 is 0 Å². The summed E-state index contributed by atoms with van der Waals surface area (Å²) in [6.07, 6.45) is 5.03. The number of anilines is 1. The summed E-state index contributed by atoms with van der Waals surface area (Å²) in [6.45, 7) is 10.8. The highest BCUT2D eigenvalue weighted by Crippen LogP contribution is 2.37. The van der Waals surface area contributed by atoms with Crippen LogP contribution >= 0.6 is 0 Å². The molecular weight excluding hydrogens is 540 g/mol. The van der Waals surface area contributed by atoms with E-state index in [0.717, 1.165) is 103 Å². The number of ether oxygens (including phenoxy) is 3. The maximum atomic E-state index is 12.5. The number of rotatable bonds is 2. The van der Waals surface area contributed by atoms with E-state index in [2.05, 4.69) is 68.1 Å². The van der Waals surface area contributed by atoms with Crippen molar-refractivity contribution in [2.45, 2.75) is 77.9 Å². The Morgan fingerprint density at radius 3 is 2.65 bits per heavy atom. The topological polar surface area (TPSA) is 78.2 Å². The van der Waals surface area contributed by atoms with Crippen LogP contribution in [0, 0.1) is 13.8 Å². The Morgan fingerprint density at radius 1 is 1.07 bits per heavy atom. The maximum Gasteiger partial charge on any atom is 0.310 e. The molecule has 2 aromatic carbocycles. The molecule has 3 aliphatic rings. The van der Waals surface area contributed by atoms with Crippen molar-refractivity contribution in [2.75, 3.05) is 31.7 Å². The normalized spacial score (nSPS) is 21.0. The van der Waals surface area contributed by atoms with Crippen molar-refractivity contribution in [2.24, 2.45) is 0 Å². The Balaban J connectivity index is 1.49. The van der Waals surface area contributed by atoms with Gasteiger partial charge in [-0.2, -0.15) is 9.61 Å². The fourth-order valence-electron chi connectivity index (χ4n) is 6.31. The van der Waals surface area contributed by atoms with Crippen LogP contribution in [0.25, 0.3) is 28.0 Å². The SMILES string of the molecule is COC(=O)Cc1c(C)nc2cc3nn2c1N1CCC(C)(CC1)OCCCCC(C)Oc1ccc(C)cc1-c1cccc-3c1. The summed E-state index contributed by atoms with van der Waals surface area (Å²) in [5.74, 6) is 1.51. The van der Waals surface area contributed by atoms with Crippen LogP contribution in [0.3, 0.4) is 0 Å². The third kappa shape index (κ3) is 6.11. The van der Waals surface area contributed by atoms with Gasteiger partial charge in [0.25, 0.3) is 0 Å². The molecule has 3 aliphatic heterocycles. The average molecular weight is 583 g/mol. The van der Waals surface area contributed by atoms with Crippen molar-refractivity contribution in [3.63, 3.8) is 0 Å². The van der Waals surface area contributed by atoms with Crippen LogP contribution in [0.2, 0.25) is 0 Å². The van der Waals surface area contributed by atoms with E-state index in [1.54, 1.807) is 0 Å². The number of carbonyl (C=O) groups excluding carboxylic acids is 1. The summed E-state index contributed by atoms with van der Waals surface area (Å²) < 4.78 is 20.0. The molecule has 0 aliphatic carbocycles. The van der Waals surface area contributed by atoms with Gasteiger partial charge < -0.3 is 19.1 Å². The first-order chi connectivity index (χ1) is 20.7. The molecule has 7 rings (SSSR count). The van der Waals surface area contributed by atoms with Gasteiger partial charge in [-0.25, -0.2) is 4.98 Å². The number of benzene rings is 2. The zero-order valence-corrected chi connectivity index (χ0v) is 26.0. The molecule has 5 heterocycles. The van der Waals surface area contributed by atoms with Crippen molar-refractivity contribution >= 4 is 17.4 Å². The van der Waals surface area contributed by atoms with E-state index in [0.29, 0.717) is 0 Å². The van der Waals surface area contributed by atoms with E-state index in [9.17, 15) is 4.79 Å². The van der Waals surface area contributed by atoms with Gasteiger partial charge in [-0.1, -0.05) is 29.8 Å². The van der Waals surface area contributed by atoms with Gasteiger partial charge in [0.15, 0.2) is 5.65 Å². The number of esters is 1. The van der Waals surface area contributed by atoms with E-state index in [4.69, 9.17) is 24.3 Å². The summed E-state index contributed by atoms with van der Waals surface area (Å²) in [5.41, 5.74) is 7.39. The van der Waals surface area contributed by atoms with Crippen LogP contribution < -0.4 is 9.64 Å². The lowest BCUT2D eigenvalue weighted by atomic mass is 9.92. The molecule has 1 saturated heterocycles. The van der Waals surface area contributed by atoms with Gasteiger partial charge in [0.05, 0.1) is 30.9 Å². The number of carbonyl (C=O) groups is 1. The summed E-state index contributed by atoms with van der Waals surface area (Å²) in [4.78, 5) is 19.8. The van der Waals surface area contributed by atoms with Crippen molar-refractivity contribution < 1.29 is 19.0 Å². The second-order valence-corrected chi connectivity index (χ2v) is 12.3. The zero-order chi connectivity index (χ0) is 30.1. The van der Waals surface area contributed by atoms with Gasteiger partial charge in [-0.05, 0) is 83.6 Å². The van der Waals surface area contributed by atoms with Gasteiger partial charge in [-0.3, -0.25) is 4.79 Å². The molecule has 0 spiro atoms. The highest BCUT2D eigenvalue weighted by atomic mass is 16.5. The maximum absolute atomic E-state index is 12.5. The molecule has 43 heavy (non-hydrogen) atoms. The monoisotopic (exact) mass is 582 g/mol. The number of nitrogens with zero attached hydrogens (tertiary/aromatic N) is 4. The van der Waals surface area contributed by atoms with Crippen LogP contribution in [0.4, 0.5) is 5.82 Å². The highest BCUT2D eigenvalue weighted by Gasteiger charge is 2.33. The van der Waals surface area contributed by atoms with Crippen molar-refractivity contribution in [1.82, 2.24) is 14.6 Å². The minimum absolute atomic E-state index is 0.0967. The minimum Gasteiger partial charge on any atom is -0.490 e. The lowest BCUT2D eigenvalue weighted by molar-refractivity contribution is -0.139. The second kappa shape index (κ2) is 12.0. The number of aryl methyl sites for hydroxylation is 2. The molecule has 0 saturated carbocycles. The fourth-order valence-corrected chi connectivity index (χ4v) is 6.31. The average Bonchev–Trinajstić information content (AvgIpc) is 3.42. The van der Waals surface area contributed by atoms with E-state index < -0.39 is 0 Å². The fraction of sp³-hybridized carbons (Fsp3) is 0.457. The summed E-state index contributed by atoms with van der Waals surface area (Å²) >= 11 is 0. The van der Waals surface area contributed by atoms with Crippen LogP contribution in [-0.4, -0.2) is 59.1 Å². The summed E-state index contributed by atoms with van der Waals surface area (Å²) in [5, 5.41) is 5.11. The predicted molar refractivity (Wildman–Crippen MR) is 169 cm³/mol. The van der Waals surface area contributed by atoms with Crippen LogP contribution in [0.5, 0.6) is 5.75 Å². The van der Waals surface area contributed by atoms with Crippen LogP contribution in [0.1, 0.15) is 62.8 Å². The third-order valence-corrected chi connectivity index (χ3v) is 8.94. The molecule has 8 heteroatoms. The number of fused-ring (bicyclic) bond motifs is 8. The number of piperidine rings is 1. The Morgan fingerprint density at radius 2 is 1.86 bits per heavy atom. The number of hydrogen-bond acceptors (Lipinski definition) is 7. The highest BCUT2D eigenvalue weighted by molar-refractivity contribution is 5.78. The molecule has 0 radical (unpaired) electrons. The lowest BCUT2D eigenvalue weighted by Crippen LogP contribution is -2.45.